The lowest BCUT2D eigenvalue weighted by molar-refractivity contribution is 0.183. The Morgan fingerprint density at radius 2 is 2.15 bits per heavy atom. The highest BCUT2D eigenvalue weighted by Crippen LogP contribution is 2.30. The highest BCUT2D eigenvalue weighted by atomic mass is 16.5. The van der Waals surface area contributed by atoms with E-state index in [0.29, 0.717) is 5.92 Å². The lowest BCUT2D eigenvalue weighted by Crippen LogP contribution is -2.10. The summed E-state index contributed by atoms with van der Waals surface area (Å²) in [5.74, 6) is 1.29. The van der Waals surface area contributed by atoms with Gasteiger partial charge in [0.25, 0.3) is 0 Å². The number of rotatable bonds is 9. The fourth-order valence-electron chi connectivity index (χ4n) is 2.58. The van der Waals surface area contributed by atoms with Gasteiger partial charge in [-0.1, -0.05) is 63.6 Å². The first kappa shape index (κ1) is 16.9. The van der Waals surface area contributed by atoms with Gasteiger partial charge in [-0.25, -0.2) is 0 Å². The van der Waals surface area contributed by atoms with Gasteiger partial charge in [-0.2, -0.15) is 0 Å². The molecule has 0 fully saturated rings. The fraction of sp³-hybridized carbons (Fsp3) is 0.632. The minimum absolute atomic E-state index is 0.347. The van der Waals surface area contributed by atoms with Crippen molar-refractivity contribution < 1.29 is 4.74 Å². The highest BCUT2D eigenvalue weighted by Gasteiger charge is 2.19. The molecule has 1 atom stereocenters. The van der Waals surface area contributed by atoms with Crippen LogP contribution in [0.1, 0.15) is 65.2 Å². The zero-order valence-corrected chi connectivity index (χ0v) is 13.3. The zero-order chi connectivity index (χ0) is 14.6. The highest BCUT2D eigenvalue weighted by molar-refractivity contribution is 5.28. The molecule has 0 aromatic carbocycles. The number of unbranched alkanes of at least 4 members (excludes halogenated alkanes) is 2. The van der Waals surface area contributed by atoms with E-state index in [-0.39, 0.29) is 0 Å². The average Bonchev–Trinajstić information content (AvgIpc) is 2.75. The van der Waals surface area contributed by atoms with E-state index in [4.69, 9.17) is 4.74 Å². The van der Waals surface area contributed by atoms with Gasteiger partial charge in [0.2, 0.25) is 0 Å². The Balaban J connectivity index is 2.81. The van der Waals surface area contributed by atoms with E-state index in [0.717, 1.165) is 25.2 Å². The Hall–Kier alpha value is -1.20. The number of ether oxygens (including phenoxy) is 1. The maximum atomic E-state index is 5.90. The van der Waals surface area contributed by atoms with E-state index in [1.54, 1.807) is 0 Å². The summed E-state index contributed by atoms with van der Waals surface area (Å²) in [6.07, 6.45) is 16.5. The Morgan fingerprint density at radius 3 is 2.85 bits per heavy atom. The van der Waals surface area contributed by atoms with Crippen molar-refractivity contribution in [3.8, 4) is 0 Å². The van der Waals surface area contributed by atoms with E-state index in [9.17, 15) is 0 Å². The van der Waals surface area contributed by atoms with Crippen molar-refractivity contribution in [1.29, 1.82) is 0 Å². The molecule has 1 unspecified atom stereocenters. The molecule has 20 heavy (non-hydrogen) atoms. The zero-order valence-electron chi connectivity index (χ0n) is 13.3. The van der Waals surface area contributed by atoms with E-state index in [1.807, 2.05) is 0 Å². The molecule has 0 bridgehead atoms. The molecule has 1 aliphatic rings. The van der Waals surface area contributed by atoms with Gasteiger partial charge in [0.05, 0.1) is 6.61 Å². The predicted molar refractivity (Wildman–Crippen MR) is 87.6 cm³/mol. The van der Waals surface area contributed by atoms with Crippen LogP contribution in [0, 0.1) is 5.92 Å². The fourth-order valence-corrected chi connectivity index (χ4v) is 2.58. The molecule has 1 aliphatic carbocycles. The molecule has 0 aromatic rings. The van der Waals surface area contributed by atoms with Gasteiger partial charge in [-0.3, -0.25) is 0 Å². The second-order valence-electron chi connectivity index (χ2n) is 5.48. The molecule has 112 valence electrons. The van der Waals surface area contributed by atoms with Crippen LogP contribution in [0.15, 0.2) is 41.9 Å². The van der Waals surface area contributed by atoms with E-state index < -0.39 is 0 Å². The SMILES string of the molecule is C=C=C(OCCC)C(CCCCC)C1=CCCCC=C1. The summed E-state index contributed by atoms with van der Waals surface area (Å²) in [6.45, 7) is 8.99. The van der Waals surface area contributed by atoms with E-state index in [2.05, 4.69) is 44.4 Å². The smallest absolute Gasteiger partial charge is 0.145 e. The molecule has 1 heteroatoms. The van der Waals surface area contributed by atoms with E-state index in [1.165, 1.54) is 44.1 Å². The molecule has 0 saturated heterocycles. The topological polar surface area (TPSA) is 9.23 Å². The van der Waals surface area contributed by atoms with Gasteiger partial charge in [0.15, 0.2) is 0 Å². The third-order valence-electron chi connectivity index (χ3n) is 3.72. The second kappa shape index (κ2) is 10.6. The maximum absolute atomic E-state index is 5.90. The van der Waals surface area contributed by atoms with E-state index >= 15 is 0 Å². The molecule has 0 N–H and O–H groups in total. The van der Waals surface area contributed by atoms with Gasteiger partial charge in [0.1, 0.15) is 5.76 Å². The van der Waals surface area contributed by atoms with Crippen LogP contribution in [-0.2, 0) is 4.74 Å². The summed E-state index contributed by atoms with van der Waals surface area (Å²) in [5, 5.41) is 0. The third kappa shape index (κ3) is 5.84. The van der Waals surface area contributed by atoms with Crippen molar-refractivity contribution >= 4 is 0 Å². The van der Waals surface area contributed by atoms with Crippen LogP contribution in [0.3, 0.4) is 0 Å². The van der Waals surface area contributed by atoms with Crippen molar-refractivity contribution in [2.75, 3.05) is 6.61 Å². The molecular formula is C19H30O. The molecule has 0 amide bonds. The number of hydrogen-bond acceptors (Lipinski definition) is 1. The minimum Gasteiger partial charge on any atom is -0.489 e. The van der Waals surface area contributed by atoms with Gasteiger partial charge in [-0.15, -0.1) is 0 Å². The summed E-state index contributed by atoms with van der Waals surface area (Å²) in [6, 6.07) is 0. The Kier molecular flexibility index (Phi) is 8.91. The molecule has 0 heterocycles. The molecule has 1 nitrogen and oxygen atoms in total. The average molecular weight is 274 g/mol. The van der Waals surface area contributed by atoms with Crippen molar-refractivity contribution in [1.82, 2.24) is 0 Å². The first-order valence-electron chi connectivity index (χ1n) is 8.22. The molecule has 0 radical (unpaired) electrons. The van der Waals surface area contributed by atoms with Crippen LogP contribution < -0.4 is 0 Å². The molecule has 0 spiro atoms. The number of hydrogen-bond donors (Lipinski definition) is 0. The maximum Gasteiger partial charge on any atom is 0.145 e. The van der Waals surface area contributed by atoms with Crippen molar-refractivity contribution in [3.63, 3.8) is 0 Å². The van der Waals surface area contributed by atoms with Gasteiger partial charge in [-0.05, 0) is 37.7 Å². The molecule has 0 aromatic heterocycles. The van der Waals surface area contributed by atoms with Crippen LogP contribution in [-0.4, -0.2) is 6.61 Å². The summed E-state index contributed by atoms with van der Waals surface area (Å²) < 4.78 is 5.90. The van der Waals surface area contributed by atoms with Gasteiger partial charge in [0, 0.05) is 5.92 Å². The molecular weight excluding hydrogens is 244 g/mol. The largest absolute Gasteiger partial charge is 0.489 e. The van der Waals surface area contributed by atoms with Crippen LogP contribution in [0.5, 0.6) is 0 Å². The molecule has 0 aliphatic heterocycles. The monoisotopic (exact) mass is 274 g/mol. The summed E-state index contributed by atoms with van der Waals surface area (Å²) in [5.41, 5.74) is 4.45. The van der Waals surface area contributed by atoms with Crippen LogP contribution in [0.4, 0.5) is 0 Å². The standard InChI is InChI=1S/C19H30O/c1-4-7-10-15-18(19(6-3)20-16-5-2)17-13-11-8-9-12-14-17/h11,13-14,18H,3-5,7-10,12,15-16H2,1-2H3. The first-order valence-corrected chi connectivity index (χ1v) is 8.22. The predicted octanol–water partition coefficient (Wildman–Crippen LogP) is 5.94. The van der Waals surface area contributed by atoms with Crippen LogP contribution >= 0.6 is 0 Å². The number of allylic oxidation sites excluding steroid dienone is 4. The second-order valence-corrected chi connectivity index (χ2v) is 5.48. The first-order chi connectivity index (χ1) is 9.83. The van der Waals surface area contributed by atoms with Crippen molar-refractivity contribution in [3.05, 3.63) is 41.9 Å². The van der Waals surface area contributed by atoms with Gasteiger partial charge >= 0.3 is 0 Å². The lowest BCUT2D eigenvalue weighted by Gasteiger charge is -2.21. The summed E-state index contributed by atoms with van der Waals surface area (Å²) in [4.78, 5) is 0. The molecule has 0 saturated carbocycles. The van der Waals surface area contributed by atoms with Crippen LogP contribution in [0.2, 0.25) is 0 Å². The van der Waals surface area contributed by atoms with Crippen molar-refractivity contribution in [2.24, 2.45) is 5.92 Å². The summed E-state index contributed by atoms with van der Waals surface area (Å²) in [7, 11) is 0. The van der Waals surface area contributed by atoms with Crippen molar-refractivity contribution in [2.45, 2.75) is 65.2 Å². The third-order valence-corrected chi connectivity index (χ3v) is 3.72. The minimum atomic E-state index is 0.347. The van der Waals surface area contributed by atoms with Gasteiger partial charge < -0.3 is 4.74 Å². The lowest BCUT2D eigenvalue weighted by atomic mass is 9.90. The normalized spacial score (nSPS) is 16.0. The Bertz CT molecular complexity index is 369. The molecule has 1 rings (SSSR count). The van der Waals surface area contributed by atoms with Crippen LogP contribution in [0.25, 0.3) is 0 Å². The Morgan fingerprint density at radius 1 is 1.30 bits per heavy atom. The quantitative estimate of drug-likeness (QED) is 0.287. The Labute approximate surface area is 125 Å². The summed E-state index contributed by atoms with van der Waals surface area (Å²) >= 11 is 0.